The molecular formula is C27H24F5N4O5+. The number of benzene rings is 2. The van der Waals surface area contributed by atoms with E-state index in [0.717, 1.165) is 56.0 Å². The lowest BCUT2D eigenvalue weighted by Gasteiger charge is -2.38. The number of hydrogen-bond acceptors (Lipinski definition) is 6. The van der Waals surface area contributed by atoms with Gasteiger partial charge in [0.25, 0.3) is 5.91 Å². The van der Waals surface area contributed by atoms with Gasteiger partial charge in [-0.1, -0.05) is 18.9 Å². The van der Waals surface area contributed by atoms with E-state index >= 15 is 0 Å². The number of nitrogens with zero attached hydrogens (tertiary/aromatic N) is 4. The quantitative estimate of drug-likeness (QED) is 0.396. The van der Waals surface area contributed by atoms with Gasteiger partial charge in [-0.3, -0.25) is 14.4 Å². The van der Waals surface area contributed by atoms with Crippen LogP contribution in [0, 0.1) is 11.6 Å². The SMILES string of the molecule is O=C1C=N[N+](Cc2ccc(F)c(C(=O)N3CCN(C4CCCC4)C(=O)C3)c2)(OC(=O)C(F)(F)F)c2cc(F)ccc21. The van der Waals surface area contributed by atoms with Crippen molar-refractivity contribution in [3.8, 4) is 0 Å². The summed E-state index contributed by atoms with van der Waals surface area (Å²) < 4.78 is 67.1. The zero-order chi connectivity index (χ0) is 29.5. The standard InChI is InChI=1S/C27H24F5N4O5/c28-17-6-7-19-22(12-17)36(33-13-23(19)37,41-26(40)27(30,31)32)15-16-5-8-21(29)20(11-16)25(39)34-9-10-35(24(38)14-34)18-3-1-2-4-18/h5-8,11-13,18H,1-4,9-10,14-15H2/q+1. The Morgan fingerprint density at radius 2 is 1.76 bits per heavy atom. The minimum atomic E-state index is -5.47. The lowest BCUT2D eigenvalue weighted by Crippen LogP contribution is -2.55. The van der Waals surface area contributed by atoms with Crippen LogP contribution >= 0.6 is 0 Å². The number of alkyl halides is 3. The van der Waals surface area contributed by atoms with Crippen molar-refractivity contribution in [2.45, 2.75) is 44.4 Å². The van der Waals surface area contributed by atoms with Gasteiger partial charge in [-0.15, -0.1) is 0 Å². The summed E-state index contributed by atoms with van der Waals surface area (Å²) in [5, 5.41) is 3.73. The van der Waals surface area contributed by atoms with Gasteiger partial charge in [-0.2, -0.15) is 13.2 Å². The highest BCUT2D eigenvalue weighted by molar-refractivity contribution is 6.37. The van der Waals surface area contributed by atoms with Crippen molar-refractivity contribution < 1.29 is 46.0 Å². The fourth-order valence-electron chi connectivity index (χ4n) is 5.41. The van der Waals surface area contributed by atoms with Crippen molar-refractivity contribution in [1.29, 1.82) is 0 Å². The molecule has 41 heavy (non-hydrogen) atoms. The third-order valence-electron chi connectivity index (χ3n) is 7.40. The number of halogens is 5. The maximum absolute atomic E-state index is 14.9. The first-order valence-corrected chi connectivity index (χ1v) is 12.8. The molecular weight excluding hydrogens is 555 g/mol. The summed E-state index contributed by atoms with van der Waals surface area (Å²) in [4.78, 5) is 57.9. The first-order valence-electron chi connectivity index (χ1n) is 12.8. The Hall–Kier alpha value is -4.20. The fraction of sp³-hybridized carbons (Fsp3) is 0.370. The fourth-order valence-corrected chi connectivity index (χ4v) is 5.41. The summed E-state index contributed by atoms with van der Waals surface area (Å²) >= 11 is 0. The van der Waals surface area contributed by atoms with Crippen LogP contribution in [-0.2, 0) is 21.0 Å². The molecule has 216 valence electrons. The van der Waals surface area contributed by atoms with Crippen LogP contribution < -0.4 is 4.76 Å². The van der Waals surface area contributed by atoms with E-state index in [1.165, 1.54) is 4.90 Å². The highest BCUT2D eigenvalue weighted by atomic mass is 19.4. The van der Waals surface area contributed by atoms with E-state index in [0.29, 0.717) is 12.3 Å². The third kappa shape index (κ3) is 5.56. The molecule has 2 aliphatic heterocycles. The molecule has 0 spiro atoms. The van der Waals surface area contributed by atoms with E-state index in [4.69, 9.17) is 4.84 Å². The molecule has 2 amide bonds. The summed E-state index contributed by atoms with van der Waals surface area (Å²) in [7, 11) is 0. The molecule has 1 unspecified atom stereocenters. The van der Waals surface area contributed by atoms with Crippen molar-refractivity contribution in [1.82, 2.24) is 14.6 Å². The summed E-state index contributed by atoms with van der Waals surface area (Å²) in [5.74, 6) is -6.42. The van der Waals surface area contributed by atoms with Gasteiger partial charge in [0, 0.05) is 35.5 Å². The van der Waals surface area contributed by atoms with E-state index in [9.17, 15) is 41.1 Å². The Kier molecular flexibility index (Phi) is 7.36. The van der Waals surface area contributed by atoms with E-state index < -0.39 is 58.0 Å². The molecule has 2 aromatic carbocycles. The highest BCUT2D eigenvalue weighted by Gasteiger charge is 2.52. The summed E-state index contributed by atoms with van der Waals surface area (Å²) in [5.41, 5.74) is -1.27. The molecule has 14 heteroatoms. The molecule has 9 nitrogen and oxygen atoms in total. The van der Waals surface area contributed by atoms with Crippen molar-refractivity contribution in [3.05, 3.63) is 64.7 Å². The Labute approximate surface area is 230 Å². The molecule has 2 heterocycles. The second-order valence-electron chi connectivity index (χ2n) is 10.1. The van der Waals surface area contributed by atoms with Crippen LogP contribution in [0.2, 0.25) is 0 Å². The minimum absolute atomic E-state index is 0.0256. The zero-order valence-electron chi connectivity index (χ0n) is 21.5. The number of amides is 2. The van der Waals surface area contributed by atoms with Crippen LogP contribution in [0.3, 0.4) is 0 Å². The van der Waals surface area contributed by atoms with Crippen molar-refractivity contribution in [3.63, 3.8) is 0 Å². The number of ketones is 1. The number of piperazine rings is 1. The normalized spacial score (nSPS) is 21.3. The lowest BCUT2D eigenvalue weighted by molar-refractivity contribution is -0.237. The van der Waals surface area contributed by atoms with Gasteiger partial charge < -0.3 is 9.80 Å². The number of carbonyl (C=O) groups excluding carboxylic acids is 4. The van der Waals surface area contributed by atoms with E-state index in [1.54, 1.807) is 4.90 Å². The molecule has 2 fully saturated rings. The number of carbonyl (C=O) groups is 4. The smallest absolute Gasteiger partial charge is 0.336 e. The zero-order valence-corrected chi connectivity index (χ0v) is 21.5. The summed E-state index contributed by atoms with van der Waals surface area (Å²) in [6.07, 6.45) is -1.03. The number of hydrogen-bond donors (Lipinski definition) is 0. The molecule has 0 N–H and O–H groups in total. The number of rotatable bonds is 5. The molecule has 2 aromatic rings. The Morgan fingerprint density at radius 1 is 1.02 bits per heavy atom. The number of hydroxylamine groups is 1. The average Bonchev–Trinajstić information content (AvgIpc) is 3.46. The first-order chi connectivity index (χ1) is 19.4. The molecule has 3 aliphatic rings. The summed E-state index contributed by atoms with van der Waals surface area (Å²) in [6.45, 7) is -0.569. The second kappa shape index (κ2) is 10.7. The van der Waals surface area contributed by atoms with Crippen LogP contribution in [-0.4, -0.2) is 71.4 Å². The number of Topliss-reactive ketones (excluding diaryl/α,β-unsaturated/α-hetero) is 1. The van der Waals surface area contributed by atoms with Gasteiger partial charge in [0.1, 0.15) is 24.4 Å². The Balaban J connectivity index is 1.45. The predicted molar refractivity (Wildman–Crippen MR) is 133 cm³/mol. The average molecular weight is 580 g/mol. The Morgan fingerprint density at radius 3 is 2.44 bits per heavy atom. The van der Waals surface area contributed by atoms with Gasteiger partial charge in [0.05, 0.1) is 11.1 Å². The van der Waals surface area contributed by atoms with E-state index in [2.05, 4.69) is 5.10 Å². The van der Waals surface area contributed by atoms with Gasteiger partial charge in [0.15, 0.2) is 6.54 Å². The highest BCUT2D eigenvalue weighted by Crippen LogP contribution is 2.37. The maximum Gasteiger partial charge on any atom is 0.497 e. The predicted octanol–water partition coefficient (Wildman–Crippen LogP) is 3.90. The van der Waals surface area contributed by atoms with Gasteiger partial charge >= 0.3 is 12.1 Å². The molecule has 0 aromatic heterocycles. The largest absolute Gasteiger partial charge is 0.497 e. The van der Waals surface area contributed by atoms with Crippen molar-refractivity contribution in [2.24, 2.45) is 5.10 Å². The van der Waals surface area contributed by atoms with Gasteiger partial charge in [-0.25, -0.2) is 18.4 Å². The Bertz CT molecular complexity index is 1460. The molecule has 0 bridgehead atoms. The van der Waals surface area contributed by atoms with Crippen LogP contribution in [0.5, 0.6) is 0 Å². The van der Waals surface area contributed by atoms with Crippen LogP contribution in [0.15, 0.2) is 41.5 Å². The van der Waals surface area contributed by atoms with Crippen LogP contribution in [0.4, 0.5) is 27.6 Å². The third-order valence-corrected chi connectivity index (χ3v) is 7.40. The molecule has 1 atom stereocenters. The molecule has 1 saturated carbocycles. The monoisotopic (exact) mass is 579 g/mol. The van der Waals surface area contributed by atoms with Crippen molar-refractivity contribution >= 4 is 35.5 Å². The molecule has 5 rings (SSSR count). The second-order valence-corrected chi connectivity index (χ2v) is 10.1. The lowest BCUT2D eigenvalue weighted by atomic mass is 10.0. The minimum Gasteiger partial charge on any atom is -0.336 e. The van der Waals surface area contributed by atoms with Crippen molar-refractivity contribution in [2.75, 3.05) is 19.6 Å². The molecule has 1 aliphatic carbocycles. The van der Waals surface area contributed by atoms with Crippen LogP contribution in [0.1, 0.15) is 52.0 Å². The topological polar surface area (TPSA) is 96.4 Å². The van der Waals surface area contributed by atoms with Gasteiger partial charge in [0.2, 0.25) is 17.4 Å². The first kappa shape index (κ1) is 28.3. The maximum atomic E-state index is 14.9. The molecule has 1 saturated heterocycles. The molecule has 0 radical (unpaired) electrons. The van der Waals surface area contributed by atoms with E-state index in [-0.39, 0.29) is 42.7 Å². The van der Waals surface area contributed by atoms with Gasteiger partial charge in [-0.05, 0) is 42.2 Å². The number of quaternary nitrogens is 1. The summed E-state index contributed by atoms with van der Waals surface area (Å²) in [6, 6.07) is 5.79. The number of fused-ring (bicyclic) bond motifs is 1. The van der Waals surface area contributed by atoms with E-state index in [1.807, 2.05) is 0 Å². The van der Waals surface area contributed by atoms with Crippen LogP contribution in [0.25, 0.3) is 0 Å².